The number of aryl methyl sites for hydroxylation is 2. The molecule has 0 saturated heterocycles. The predicted molar refractivity (Wildman–Crippen MR) is 107 cm³/mol. The molecule has 0 unspecified atom stereocenters. The van der Waals surface area contributed by atoms with Crippen molar-refractivity contribution in [2.24, 2.45) is 0 Å². The minimum Gasteiger partial charge on any atom is -0.454 e. The molecule has 0 saturated carbocycles. The molecule has 1 atom stereocenters. The number of rotatable bonds is 7. The standard InChI is InChI=1S/C21H24N2O4S/c1-14(16-9-8-15-5-2-3-6-17(15)11-16)23-19(24)13-27-20(25)12-22-21(26)18-7-4-10-28-18/h4,7-11,14H,2-3,5-6,12-13H2,1H3,(H,22,26)(H,23,24)/t14-/m1/s1. The Kier molecular flexibility index (Phi) is 6.81. The molecule has 2 aromatic rings. The summed E-state index contributed by atoms with van der Waals surface area (Å²) in [5, 5.41) is 7.09. The number of hydrogen-bond donors (Lipinski definition) is 2. The van der Waals surface area contributed by atoms with Crippen molar-refractivity contribution in [2.75, 3.05) is 13.2 Å². The molecule has 1 heterocycles. The lowest BCUT2D eigenvalue weighted by Gasteiger charge is -2.20. The number of ether oxygens (including phenoxy) is 1. The van der Waals surface area contributed by atoms with Crippen molar-refractivity contribution in [1.29, 1.82) is 0 Å². The van der Waals surface area contributed by atoms with Crippen molar-refractivity contribution in [3.8, 4) is 0 Å². The molecule has 0 spiro atoms. The second-order valence-corrected chi connectivity index (χ2v) is 7.79. The Balaban J connectivity index is 1.41. The number of benzene rings is 1. The molecule has 1 aromatic heterocycles. The van der Waals surface area contributed by atoms with E-state index in [9.17, 15) is 14.4 Å². The van der Waals surface area contributed by atoms with Crippen molar-refractivity contribution in [3.05, 3.63) is 57.3 Å². The Morgan fingerprint density at radius 1 is 1.14 bits per heavy atom. The maximum atomic E-state index is 12.1. The second kappa shape index (κ2) is 9.50. The fourth-order valence-electron chi connectivity index (χ4n) is 3.23. The zero-order chi connectivity index (χ0) is 19.9. The lowest BCUT2D eigenvalue weighted by molar-refractivity contribution is -0.147. The third-order valence-corrected chi connectivity index (χ3v) is 5.62. The van der Waals surface area contributed by atoms with Gasteiger partial charge < -0.3 is 15.4 Å². The van der Waals surface area contributed by atoms with Crippen LogP contribution in [-0.4, -0.2) is 30.9 Å². The van der Waals surface area contributed by atoms with Crippen LogP contribution < -0.4 is 10.6 Å². The monoisotopic (exact) mass is 400 g/mol. The van der Waals surface area contributed by atoms with Gasteiger partial charge in [0.15, 0.2) is 6.61 Å². The minimum atomic E-state index is -0.651. The number of nitrogens with one attached hydrogen (secondary N) is 2. The Bertz CT molecular complexity index is 848. The molecule has 28 heavy (non-hydrogen) atoms. The van der Waals surface area contributed by atoms with Gasteiger partial charge in [-0.1, -0.05) is 24.3 Å². The van der Waals surface area contributed by atoms with Crippen LogP contribution >= 0.6 is 11.3 Å². The number of carbonyl (C=O) groups is 3. The van der Waals surface area contributed by atoms with Crippen LogP contribution in [0.4, 0.5) is 0 Å². The second-order valence-electron chi connectivity index (χ2n) is 6.85. The summed E-state index contributed by atoms with van der Waals surface area (Å²) in [5.74, 6) is -1.36. The van der Waals surface area contributed by atoms with Crippen molar-refractivity contribution in [1.82, 2.24) is 10.6 Å². The van der Waals surface area contributed by atoms with Crippen molar-refractivity contribution >= 4 is 29.1 Å². The van der Waals surface area contributed by atoms with E-state index in [0.29, 0.717) is 4.88 Å². The van der Waals surface area contributed by atoms with E-state index in [1.54, 1.807) is 17.5 Å². The summed E-state index contributed by atoms with van der Waals surface area (Å²) in [6.07, 6.45) is 4.64. The van der Waals surface area contributed by atoms with Gasteiger partial charge in [-0.3, -0.25) is 14.4 Å². The van der Waals surface area contributed by atoms with Gasteiger partial charge in [0, 0.05) is 0 Å². The molecule has 1 aliphatic rings. The van der Waals surface area contributed by atoms with Crippen LogP contribution in [0, 0.1) is 0 Å². The molecule has 6 nitrogen and oxygen atoms in total. The van der Waals surface area contributed by atoms with Gasteiger partial charge in [-0.25, -0.2) is 0 Å². The topological polar surface area (TPSA) is 84.5 Å². The molecule has 0 fully saturated rings. The number of thiophene rings is 1. The summed E-state index contributed by atoms with van der Waals surface area (Å²) in [6.45, 7) is 1.26. The summed E-state index contributed by atoms with van der Waals surface area (Å²) < 4.78 is 4.94. The van der Waals surface area contributed by atoms with Gasteiger partial charge in [-0.2, -0.15) is 0 Å². The first-order chi connectivity index (χ1) is 13.5. The highest BCUT2D eigenvalue weighted by Gasteiger charge is 2.15. The number of amides is 2. The first kappa shape index (κ1) is 20.1. The van der Waals surface area contributed by atoms with Crippen LogP contribution in [0.1, 0.15) is 52.2 Å². The Hall–Kier alpha value is -2.67. The molecule has 1 aromatic carbocycles. The fourth-order valence-corrected chi connectivity index (χ4v) is 3.87. The molecule has 3 rings (SSSR count). The summed E-state index contributed by atoms with van der Waals surface area (Å²) in [6, 6.07) is 9.60. The summed E-state index contributed by atoms with van der Waals surface area (Å²) in [4.78, 5) is 36.1. The largest absolute Gasteiger partial charge is 0.454 e. The van der Waals surface area contributed by atoms with Crippen molar-refractivity contribution < 1.29 is 19.1 Å². The van der Waals surface area contributed by atoms with Crippen LogP contribution in [-0.2, 0) is 27.2 Å². The molecular formula is C21H24N2O4S. The highest BCUT2D eigenvalue weighted by atomic mass is 32.1. The van der Waals surface area contributed by atoms with Crippen LogP contribution in [0.5, 0.6) is 0 Å². The lowest BCUT2D eigenvalue weighted by Crippen LogP contribution is -2.34. The van der Waals surface area contributed by atoms with Crippen LogP contribution in [0.15, 0.2) is 35.7 Å². The van der Waals surface area contributed by atoms with Gasteiger partial charge in [0.05, 0.1) is 10.9 Å². The Labute approximate surface area is 168 Å². The quantitative estimate of drug-likeness (QED) is 0.700. The van der Waals surface area contributed by atoms with Gasteiger partial charge in [0.25, 0.3) is 11.8 Å². The first-order valence-electron chi connectivity index (χ1n) is 9.41. The average Bonchev–Trinajstić information content (AvgIpc) is 3.25. The molecule has 2 amide bonds. The third kappa shape index (κ3) is 5.42. The Morgan fingerprint density at radius 2 is 1.93 bits per heavy atom. The molecule has 0 aliphatic heterocycles. The van der Waals surface area contributed by atoms with E-state index in [-0.39, 0.29) is 31.0 Å². The van der Waals surface area contributed by atoms with E-state index in [0.717, 1.165) is 18.4 Å². The SMILES string of the molecule is C[C@@H](NC(=O)COC(=O)CNC(=O)c1cccs1)c1ccc2c(c1)CCCC2. The highest BCUT2D eigenvalue weighted by molar-refractivity contribution is 7.12. The summed E-state index contributed by atoms with van der Waals surface area (Å²) in [7, 11) is 0. The molecule has 0 radical (unpaired) electrons. The summed E-state index contributed by atoms with van der Waals surface area (Å²) >= 11 is 1.29. The average molecular weight is 401 g/mol. The van der Waals surface area contributed by atoms with Crippen LogP contribution in [0.25, 0.3) is 0 Å². The number of fused-ring (bicyclic) bond motifs is 1. The zero-order valence-electron chi connectivity index (χ0n) is 15.8. The van der Waals surface area contributed by atoms with Gasteiger partial charge in [0.1, 0.15) is 6.54 Å². The maximum Gasteiger partial charge on any atom is 0.325 e. The van der Waals surface area contributed by atoms with E-state index >= 15 is 0 Å². The van der Waals surface area contributed by atoms with Gasteiger partial charge in [0.2, 0.25) is 0 Å². The van der Waals surface area contributed by atoms with Gasteiger partial charge in [-0.15, -0.1) is 11.3 Å². The van der Waals surface area contributed by atoms with Crippen LogP contribution in [0.2, 0.25) is 0 Å². The van der Waals surface area contributed by atoms with E-state index in [4.69, 9.17) is 4.74 Å². The van der Waals surface area contributed by atoms with Gasteiger partial charge >= 0.3 is 5.97 Å². The normalized spacial score (nSPS) is 13.9. The van der Waals surface area contributed by atoms with Crippen LogP contribution in [0.3, 0.4) is 0 Å². The number of esters is 1. The van der Waals surface area contributed by atoms with Crippen molar-refractivity contribution in [2.45, 2.75) is 38.6 Å². The lowest BCUT2D eigenvalue weighted by atomic mass is 9.89. The zero-order valence-corrected chi connectivity index (χ0v) is 16.6. The first-order valence-corrected chi connectivity index (χ1v) is 10.3. The maximum absolute atomic E-state index is 12.1. The van der Waals surface area contributed by atoms with E-state index < -0.39 is 5.97 Å². The molecule has 148 valence electrons. The summed E-state index contributed by atoms with van der Waals surface area (Å²) in [5.41, 5.74) is 3.80. The van der Waals surface area contributed by atoms with E-state index in [2.05, 4.69) is 22.8 Å². The van der Waals surface area contributed by atoms with E-state index in [1.165, 1.54) is 35.3 Å². The fraction of sp³-hybridized carbons (Fsp3) is 0.381. The molecule has 1 aliphatic carbocycles. The molecule has 2 N–H and O–H groups in total. The highest BCUT2D eigenvalue weighted by Crippen LogP contribution is 2.24. The van der Waals surface area contributed by atoms with Gasteiger partial charge in [-0.05, 0) is 60.7 Å². The molecule has 7 heteroatoms. The van der Waals surface area contributed by atoms with E-state index in [1.807, 2.05) is 13.0 Å². The number of carbonyl (C=O) groups excluding carboxylic acids is 3. The minimum absolute atomic E-state index is 0.169. The third-order valence-electron chi connectivity index (χ3n) is 4.75. The smallest absolute Gasteiger partial charge is 0.325 e. The molecule has 0 bridgehead atoms. The predicted octanol–water partition coefficient (Wildman–Crippen LogP) is 2.78. The Morgan fingerprint density at radius 3 is 2.68 bits per heavy atom. The molecular weight excluding hydrogens is 376 g/mol. The number of hydrogen-bond acceptors (Lipinski definition) is 5. The van der Waals surface area contributed by atoms with Crippen molar-refractivity contribution in [3.63, 3.8) is 0 Å².